The summed E-state index contributed by atoms with van der Waals surface area (Å²) >= 11 is 0. The highest BCUT2D eigenvalue weighted by Gasteiger charge is 2.49. The Kier molecular flexibility index (Phi) is 47.6. The topological polar surface area (TPSA) is 18.5 Å². The van der Waals surface area contributed by atoms with Gasteiger partial charge in [0, 0.05) is 0 Å². The lowest BCUT2D eigenvalue weighted by molar-refractivity contribution is -0.190. The van der Waals surface area contributed by atoms with Crippen LogP contribution >= 0.6 is 0 Å². The average Bonchev–Trinajstić information content (AvgIpc) is 3.51. The highest BCUT2D eigenvalue weighted by atomic mass is 16.5. The van der Waals surface area contributed by atoms with E-state index in [2.05, 4.69) is 0 Å². The van der Waals surface area contributed by atoms with Gasteiger partial charge in [0.25, 0.3) is 0 Å². The van der Waals surface area contributed by atoms with Crippen LogP contribution in [0.5, 0.6) is 0 Å². The maximum Gasteiger partial charge on any atom is 0.0706 e. The summed E-state index contributed by atoms with van der Waals surface area (Å²) in [5.74, 6) is 0. The molecule has 2 aliphatic heterocycles. The van der Waals surface area contributed by atoms with Gasteiger partial charge >= 0.3 is 0 Å². The van der Waals surface area contributed by atoms with E-state index in [1.807, 2.05) is 83.1 Å². The number of rotatable bonds is 0. The molecular weight excluding hydrogens is 512 g/mol. The molecule has 0 aromatic heterocycles. The van der Waals surface area contributed by atoms with Gasteiger partial charge in [0.2, 0.25) is 0 Å². The van der Waals surface area contributed by atoms with Crippen molar-refractivity contribution in [1.82, 2.24) is 0 Å². The maximum atomic E-state index is 5.35. The van der Waals surface area contributed by atoms with Gasteiger partial charge in [-0.15, -0.1) is 0 Å². The zero-order chi connectivity index (χ0) is 32.8. The van der Waals surface area contributed by atoms with E-state index in [0.717, 1.165) is 13.2 Å². The van der Waals surface area contributed by atoms with Gasteiger partial charge in [-0.05, 0) is 44.9 Å². The molecule has 0 aromatic rings. The fourth-order valence-corrected chi connectivity index (χ4v) is 3.91. The van der Waals surface area contributed by atoms with Crippen molar-refractivity contribution >= 4 is 0 Å². The Bertz CT molecular complexity index is 345. The molecule has 2 saturated heterocycles. The van der Waals surface area contributed by atoms with Gasteiger partial charge in [0.05, 0.1) is 24.4 Å². The predicted molar refractivity (Wildman–Crippen MR) is 196 cm³/mol. The molecule has 0 amide bonds. The molecule has 0 radical (unpaired) electrons. The van der Waals surface area contributed by atoms with Crippen molar-refractivity contribution in [3.05, 3.63) is 0 Å². The SMILES string of the molecule is C1CC2(C1)CCO2.C1CC2(CC2)O1.C1CCC1.C1CCC1.C1CCC1.C1CCCC1.CC.CC.CC.CC.CC.CC. The fraction of sp³-hybridized carbons (Fsp3) is 1.00. The zero-order valence-corrected chi connectivity index (χ0v) is 32.2. The maximum absolute atomic E-state index is 5.35. The normalized spacial score (nSPS) is 21.4. The van der Waals surface area contributed by atoms with Crippen LogP contribution in [0.2, 0.25) is 0 Å². The van der Waals surface area contributed by atoms with Gasteiger partial charge in [-0.1, -0.05) is 192 Å². The molecule has 0 aromatic carbocycles. The van der Waals surface area contributed by atoms with Crippen molar-refractivity contribution in [2.45, 2.75) is 248 Å². The third kappa shape index (κ3) is 28.7. The quantitative estimate of drug-likeness (QED) is 0.275. The molecule has 0 atom stereocenters. The van der Waals surface area contributed by atoms with E-state index in [9.17, 15) is 0 Å². The van der Waals surface area contributed by atoms with Gasteiger partial charge in [-0.25, -0.2) is 0 Å². The first-order valence-electron chi connectivity index (χ1n) is 20.1. The van der Waals surface area contributed by atoms with Gasteiger partial charge < -0.3 is 9.47 Å². The first kappa shape index (κ1) is 48.8. The van der Waals surface area contributed by atoms with Crippen LogP contribution in [0.3, 0.4) is 0 Å². The van der Waals surface area contributed by atoms with E-state index in [1.165, 1.54) is 154 Å². The molecule has 8 rings (SSSR count). The van der Waals surface area contributed by atoms with E-state index in [0.29, 0.717) is 11.2 Å². The summed E-state index contributed by atoms with van der Waals surface area (Å²) < 4.78 is 10.6. The van der Waals surface area contributed by atoms with Gasteiger partial charge in [0.1, 0.15) is 0 Å². The average molecular weight is 601 g/mol. The van der Waals surface area contributed by atoms with Crippen molar-refractivity contribution in [3.8, 4) is 0 Å². The van der Waals surface area contributed by atoms with Crippen molar-refractivity contribution in [1.29, 1.82) is 0 Å². The number of hydrogen-bond donors (Lipinski definition) is 0. The Balaban J connectivity index is -0.000000195. The second-order valence-corrected chi connectivity index (χ2v) is 10.9. The first-order valence-corrected chi connectivity index (χ1v) is 20.1. The van der Waals surface area contributed by atoms with Gasteiger partial charge in [0.15, 0.2) is 0 Å². The zero-order valence-electron chi connectivity index (χ0n) is 32.2. The smallest absolute Gasteiger partial charge is 0.0706 e. The van der Waals surface area contributed by atoms with Gasteiger partial charge in [-0.3, -0.25) is 0 Å². The molecule has 2 heteroatoms. The van der Waals surface area contributed by atoms with Crippen LogP contribution in [0, 0.1) is 0 Å². The van der Waals surface area contributed by atoms with Crippen LogP contribution in [0.1, 0.15) is 237 Å². The molecule has 0 unspecified atom stereocenters. The highest BCUT2D eigenvalue weighted by molar-refractivity contribution is 5.00. The lowest BCUT2D eigenvalue weighted by Gasteiger charge is -2.48. The lowest BCUT2D eigenvalue weighted by atomic mass is 9.75. The molecule has 6 aliphatic carbocycles. The van der Waals surface area contributed by atoms with E-state index < -0.39 is 0 Å². The fourth-order valence-electron chi connectivity index (χ4n) is 3.91. The molecule has 2 heterocycles. The van der Waals surface area contributed by atoms with E-state index in [4.69, 9.17) is 9.47 Å². The minimum absolute atomic E-state index is 0.444. The first-order chi connectivity index (χ1) is 20.8. The molecule has 0 bridgehead atoms. The molecular formula is C40H88O2. The molecule has 0 N–H and O–H groups in total. The summed E-state index contributed by atoms with van der Waals surface area (Å²) in [6, 6.07) is 0. The van der Waals surface area contributed by atoms with E-state index in [-0.39, 0.29) is 0 Å². The standard InChI is InChI=1S/C6H10O.C5H8O.C5H10.3C4H8.6C2H6/c1-2-6(3-1)4-5-7-6;1-2-5(1)3-4-6-5;1-2-4-5-3-1;3*1-2-4-3-1;6*1-2/h1-5H2;1-4H2;1-5H2;3*1-4H2;6*1-2H3. The monoisotopic (exact) mass is 601 g/mol. The summed E-state index contributed by atoms with van der Waals surface area (Å²) in [7, 11) is 0. The van der Waals surface area contributed by atoms with Crippen molar-refractivity contribution < 1.29 is 9.47 Å². The third-order valence-corrected chi connectivity index (χ3v) is 8.25. The molecule has 8 aliphatic rings. The van der Waals surface area contributed by atoms with Crippen molar-refractivity contribution in [2.75, 3.05) is 13.2 Å². The van der Waals surface area contributed by atoms with E-state index in [1.54, 1.807) is 0 Å². The number of hydrogen-bond acceptors (Lipinski definition) is 2. The summed E-state index contributed by atoms with van der Waals surface area (Å²) in [6.07, 6.45) is 34.9. The van der Waals surface area contributed by atoms with Crippen LogP contribution in [0.4, 0.5) is 0 Å². The largest absolute Gasteiger partial charge is 0.375 e. The predicted octanol–water partition coefficient (Wildman–Crippen LogP) is 15.1. The van der Waals surface area contributed by atoms with Crippen LogP contribution < -0.4 is 0 Å². The van der Waals surface area contributed by atoms with Crippen LogP contribution in [-0.4, -0.2) is 24.4 Å². The minimum atomic E-state index is 0.444. The van der Waals surface area contributed by atoms with Crippen molar-refractivity contribution in [2.24, 2.45) is 0 Å². The summed E-state index contributed by atoms with van der Waals surface area (Å²) in [5.41, 5.74) is 0.917. The van der Waals surface area contributed by atoms with Crippen LogP contribution in [-0.2, 0) is 9.47 Å². The minimum Gasteiger partial charge on any atom is -0.375 e. The number of ether oxygens (including phenoxy) is 2. The molecule has 260 valence electrons. The Labute approximate surface area is 270 Å². The van der Waals surface area contributed by atoms with E-state index >= 15 is 0 Å². The highest BCUT2D eigenvalue weighted by Crippen LogP contribution is 2.48. The van der Waals surface area contributed by atoms with Crippen LogP contribution in [0.25, 0.3) is 0 Å². The second-order valence-electron chi connectivity index (χ2n) is 10.9. The molecule has 6 saturated carbocycles. The molecule has 42 heavy (non-hydrogen) atoms. The second kappa shape index (κ2) is 40.9. The van der Waals surface area contributed by atoms with Crippen LogP contribution in [0.15, 0.2) is 0 Å². The Morgan fingerprint density at radius 2 is 0.405 bits per heavy atom. The third-order valence-electron chi connectivity index (χ3n) is 8.25. The Morgan fingerprint density at radius 3 is 0.429 bits per heavy atom. The molecule has 8 fully saturated rings. The van der Waals surface area contributed by atoms with Gasteiger partial charge in [-0.2, -0.15) is 0 Å². The Morgan fingerprint density at radius 1 is 0.238 bits per heavy atom. The molecule has 2 nitrogen and oxygen atoms in total. The summed E-state index contributed by atoms with van der Waals surface area (Å²) in [4.78, 5) is 0. The Hall–Kier alpha value is -0.0800. The summed E-state index contributed by atoms with van der Waals surface area (Å²) in [5, 5.41) is 0. The molecule has 2 spiro atoms. The summed E-state index contributed by atoms with van der Waals surface area (Å²) in [6.45, 7) is 26.1. The van der Waals surface area contributed by atoms with Crippen molar-refractivity contribution in [3.63, 3.8) is 0 Å². The lowest BCUT2D eigenvalue weighted by Crippen LogP contribution is -2.49.